The summed E-state index contributed by atoms with van der Waals surface area (Å²) in [4.78, 5) is 18.1. The Bertz CT molecular complexity index is 620. The minimum absolute atomic E-state index is 0.108. The maximum absolute atomic E-state index is 13.0. The number of nitrogens with zero attached hydrogens (tertiary/aromatic N) is 1. The Kier molecular flexibility index (Phi) is 4.51. The smallest absolute Gasteiger partial charge is 0.256 e. The Balaban J connectivity index is 1.88. The molecule has 1 saturated heterocycles. The maximum atomic E-state index is 13.0. The molecule has 1 atom stereocenters. The highest BCUT2D eigenvalue weighted by Crippen LogP contribution is 2.26. The summed E-state index contributed by atoms with van der Waals surface area (Å²) in [6, 6.07) is 8.27. The molecule has 2 heterocycles. The van der Waals surface area contributed by atoms with E-state index in [-0.39, 0.29) is 5.91 Å². The van der Waals surface area contributed by atoms with Gasteiger partial charge < -0.3 is 14.6 Å². The SMILES string of the molecule is COCCN(C(=O)c1c[nH]c2ccccc12)C1CCSC1. The third-order valence-corrected chi connectivity index (χ3v) is 5.11. The van der Waals surface area contributed by atoms with E-state index in [1.165, 1.54) is 0 Å². The molecule has 2 aromatic rings. The highest BCUT2D eigenvalue weighted by Gasteiger charge is 2.28. The number of carbonyl (C=O) groups excluding carboxylic acids is 1. The van der Waals surface area contributed by atoms with E-state index in [0.717, 1.165) is 34.4 Å². The fraction of sp³-hybridized carbons (Fsp3) is 0.438. The Labute approximate surface area is 128 Å². The number of methoxy groups -OCH3 is 1. The first-order chi connectivity index (χ1) is 10.3. The normalized spacial score (nSPS) is 18.2. The molecule has 0 spiro atoms. The van der Waals surface area contributed by atoms with E-state index in [9.17, 15) is 4.79 Å². The van der Waals surface area contributed by atoms with E-state index < -0.39 is 0 Å². The van der Waals surface area contributed by atoms with Crippen molar-refractivity contribution in [2.24, 2.45) is 0 Å². The van der Waals surface area contributed by atoms with Gasteiger partial charge in [-0.3, -0.25) is 4.79 Å². The van der Waals surface area contributed by atoms with Gasteiger partial charge >= 0.3 is 0 Å². The average Bonchev–Trinajstić information content (AvgIpc) is 3.17. The zero-order chi connectivity index (χ0) is 14.7. The number of carbonyl (C=O) groups is 1. The number of H-pyrrole nitrogens is 1. The van der Waals surface area contributed by atoms with Crippen LogP contribution in [0, 0.1) is 0 Å². The van der Waals surface area contributed by atoms with Crippen LogP contribution in [-0.2, 0) is 4.74 Å². The van der Waals surface area contributed by atoms with Gasteiger partial charge in [0.1, 0.15) is 0 Å². The number of thioether (sulfide) groups is 1. The molecule has 1 unspecified atom stereocenters. The van der Waals surface area contributed by atoms with Crippen LogP contribution in [0.4, 0.5) is 0 Å². The molecule has 0 saturated carbocycles. The fourth-order valence-corrected chi connectivity index (χ4v) is 4.03. The molecule has 1 amide bonds. The molecule has 1 N–H and O–H groups in total. The van der Waals surface area contributed by atoms with Gasteiger partial charge in [0, 0.05) is 42.5 Å². The molecule has 112 valence electrons. The van der Waals surface area contributed by atoms with Crippen LogP contribution in [0.1, 0.15) is 16.8 Å². The summed E-state index contributed by atoms with van der Waals surface area (Å²) >= 11 is 1.92. The van der Waals surface area contributed by atoms with Gasteiger partial charge in [0.15, 0.2) is 0 Å². The molecule has 4 nitrogen and oxygen atoms in total. The van der Waals surface area contributed by atoms with Crippen molar-refractivity contribution in [2.45, 2.75) is 12.5 Å². The van der Waals surface area contributed by atoms with Crippen LogP contribution in [0.15, 0.2) is 30.5 Å². The first-order valence-electron chi connectivity index (χ1n) is 7.25. The fourth-order valence-electron chi connectivity index (χ4n) is 2.81. The van der Waals surface area contributed by atoms with Gasteiger partial charge in [0.25, 0.3) is 5.91 Å². The highest BCUT2D eigenvalue weighted by atomic mass is 32.2. The summed E-state index contributed by atoms with van der Waals surface area (Å²) in [7, 11) is 1.68. The minimum atomic E-state index is 0.108. The summed E-state index contributed by atoms with van der Waals surface area (Å²) < 4.78 is 5.18. The molecule has 1 fully saturated rings. The second kappa shape index (κ2) is 6.54. The molecule has 21 heavy (non-hydrogen) atoms. The molecule has 1 aromatic heterocycles. The second-order valence-corrected chi connectivity index (χ2v) is 6.41. The van der Waals surface area contributed by atoms with E-state index >= 15 is 0 Å². The largest absolute Gasteiger partial charge is 0.383 e. The molecule has 1 aromatic carbocycles. The zero-order valence-electron chi connectivity index (χ0n) is 12.2. The van der Waals surface area contributed by atoms with Crippen molar-refractivity contribution in [3.63, 3.8) is 0 Å². The van der Waals surface area contributed by atoms with Gasteiger partial charge in [0.05, 0.1) is 12.2 Å². The highest BCUT2D eigenvalue weighted by molar-refractivity contribution is 7.99. The van der Waals surface area contributed by atoms with E-state index in [4.69, 9.17) is 4.74 Å². The summed E-state index contributed by atoms with van der Waals surface area (Å²) in [5.74, 6) is 2.27. The monoisotopic (exact) mass is 304 g/mol. The lowest BCUT2D eigenvalue weighted by atomic mass is 10.1. The van der Waals surface area contributed by atoms with Crippen molar-refractivity contribution in [1.29, 1.82) is 0 Å². The number of aromatic nitrogens is 1. The Morgan fingerprint density at radius 2 is 2.33 bits per heavy atom. The predicted octanol–water partition coefficient (Wildman–Crippen LogP) is 2.76. The molecular weight excluding hydrogens is 284 g/mol. The Morgan fingerprint density at radius 3 is 3.10 bits per heavy atom. The van der Waals surface area contributed by atoms with Crippen LogP contribution in [0.5, 0.6) is 0 Å². The summed E-state index contributed by atoms with van der Waals surface area (Å²) in [5.41, 5.74) is 1.77. The number of rotatable bonds is 5. The standard InChI is InChI=1S/C16H20N2O2S/c1-20-8-7-18(12-6-9-21-11-12)16(19)14-10-17-15-5-3-2-4-13(14)15/h2-5,10,12,17H,6-9,11H2,1H3. The lowest BCUT2D eigenvalue weighted by Crippen LogP contribution is -2.42. The number of ether oxygens (including phenoxy) is 1. The molecule has 1 aliphatic heterocycles. The van der Waals surface area contributed by atoms with Crippen molar-refractivity contribution in [2.75, 3.05) is 31.8 Å². The maximum Gasteiger partial charge on any atom is 0.256 e. The number of benzene rings is 1. The van der Waals surface area contributed by atoms with Crippen molar-refractivity contribution in [1.82, 2.24) is 9.88 Å². The molecule has 0 radical (unpaired) electrons. The lowest BCUT2D eigenvalue weighted by Gasteiger charge is -2.28. The summed E-state index contributed by atoms with van der Waals surface area (Å²) in [6.45, 7) is 1.23. The van der Waals surface area contributed by atoms with Crippen molar-refractivity contribution >= 4 is 28.6 Å². The average molecular weight is 304 g/mol. The third-order valence-electron chi connectivity index (χ3n) is 3.96. The molecular formula is C16H20N2O2S. The number of fused-ring (bicyclic) bond motifs is 1. The van der Waals surface area contributed by atoms with Crippen LogP contribution in [-0.4, -0.2) is 53.6 Å². The molecule has 1 aliphatic rings. The van der Waals surface area contributed by atoms with Crippen LogP contribution >= 0.6 is 11.8 Å². The van der Waals surface area contributed by atoms with Gasteiger partial charge in [-0.1, -0.05) is 18.2 Å². The van der Waals surface area contributed by atoms with Crippen molar-refractivity contribution in [3.8, 4) is 0 Å². The first-order valence-corrected chi connectivity index (χ1v) is 8.40. The minimum Gasteiger partial charge on any atom is -0.383 e. The summed E-state index contributed by atoms with van der Waals surface area (Å²) in [6.07, 6.45) is 2.90. The molecule has 5 heteroatoms. The zero-order valence-corrected chi connectivity index (χ0v) is 13.0. The van der Waals surface area contributed by atoms with E-state index in [1.54, 1.807) is 7.11 Å². The Morgan fingerprint density at radius 1 is 1.48 bits per heavy atom. The first kappa shape index (κ1) is 14.5. The van der Waals surface area contributed by atoms with E-state index in [1.807, 2.05) is 47.1 Å². The van der Waals surface area contributed by atoms with E-state index in [2.05, 4.69) is 4.98 Å². The second-order valence-electron chi connectivity index (χ2n) is 5.26. The number of hydrogen-bond donors (Lipinski definition) is 1. The number of aromatic amines is 1. The van der Waals surface area contributed by atoms with Crippen LogP contribution in [0.25, 0.3) is 10.9 Å². The van der Waals surface area contributed by atoms with Gasteiger partial charge in [0.2, 0.25) is 0 Å². The van der Waals surface area contributed by atoms with Gasteiger partial charge in [-0.25, -0.2) is 0 Å². The molecule has 3 rings (SSSR count). The predicted molar refractivity (Wildman–Crippen MR) is 86.9 cm³/mol. The number of para-hydroxylation sites is 1. The Hall–Kier alpha value is -1.46. The quantitative estimate of drug-likeness (QED) is 0.924. The summed E-state index contributed by atoms with van der Waals surface area (Å²) in [5, 5.41) is 0.996. The van der Waals surface area contributed by atoms with Crippen LogP contribution < -0.4 is 0 Å². The van der Waals surface area contributed by atoms with Crippen molar-refractivity contribution < 1.29 is 9.53 Å². The number of hydrogen-bond acceptors (Lipinski definition) is 3. The van der Waals surface area contributed by atoms with Crippen LogP contribution in [0.3, 0.4) is 0 Å². The number of amides is 1. The van der Waals surface area contributed by atoms with E-state index in [0.29, 0.717) is 19.2 Å². The van der Waals surface area contributed by atoms with Gasteiger partial charge in [-0.15, -0.1) is 0 Å². The number of nitrogens with one attached hydrogen (secondary N) is 1. The molecule has 0 bridgehead atoms. The van der Waals surface area contributed by atoms with Gasteiger partial charge in [-0.05, 0) is 18.2 Å². The third kappa shape index (κ3) is 2.94. The van der Waals surface area contributed by atoms with Crippen molar-refractivity contribution in [3.05, 3.63) is 36.0 Å². The lowest BCUT2D eigenvalue weighted by molar-refractivity contribution is 0.0626. The van der Waals surface area contributed by atoms with Gasteiger partial charge in [-0.2, -0.15) is 11.8 Å². The van der Waals surface area contributed by atoms with Crippen LogP contribution in [0.2, 0.25) is 0 Å². The molecule has 0 aliphatic carbocycles. The topological polar surface area (TPSA) is 45.3 Å².